The van der Waals surface area contributed by atoms with E-state index in [-0.39, 0.29) is 6.04 Å². The molecule has 0 radical (unpaired) electrons. The third kappa shape index (κ3) is 2.28. The fourth-order valence-electron chi connectivity index (χ4n) is 1.39. The Morgan fingerprint density at radius 3 is 2.87 bits per heavy atom. The lowest BCUT2D eigenvalue weighted by Gasteiger charge is -2.10. The Morgan fingerprint density at radius 2 is 2.40 bits per heavy atom. The van der Waals surface area contributed by atoms with Gasteiger partial charge in [-0.05, 0) is 41.2 Å². The smallest absolute Gasteiger partial charge is 0.126 e. The van der Waals surface area contributed by atoms with Crippen molar-refractivity contribution in [2.24, 2.45) is 0 Å². The van der Waals surface area contributed by atoms with Crippen molar-refractivity contribution in [3.63, 3.8) is 0 Å². The molecule has 2 aromatic rings. The summed E-state index contributed by atoms with van der Waals surface area (Å²) in [6.45, 7) is 0. The minimum atomic E-state index is 0.0637. The maximum Gasteiger partial charge on any atom is 0.126 e. The first-order chi connectivity index (χ1) is 7.22. The van der Waals surface area contributed by atoms with Crippen LogP contribution in [0.1, 0.15) is 16.7 Å². The lowest BCUT2D eigenvalue weighted by molar-refractivity contribution is 0.466. The number of thiophene rings is 1. The molecule has 2 nitrogen and oxygen atoms in total. The van der Waals surface area contributed by atoms with Crippen molar-refractivity contribution >= 4 is 38.9 Å². The highest BCUT2D eigenvalue weighted by atomic mass is 79.9. The first-order valence-electron chi connectivity index (χ1n) is 4.37. The molecule has 0 fully saturated rings. The number of furan rings is 1. The van der Waals surface area contributed by atoms with Gasteiger partial charge in [0.25, 0.3) is 0 Å². The number of hydrogen-bond acceptors (Lipinski definition) is 3. The third-order valence-corrected chi connectivity index (χ3v) is 4.60. The average molecular weight is 307 g/mol. The Balaban J connectivity index is 2.35. The maximum atomic E-state index is 6.01. The second kappa shape index (κ2) is 4.70. The molecule has 80 valence electrons. The summed E-state index contributed by atoms with van der Waals surface area (Å²) in [6.07, 6.45) is 1.67. The van der Waals surface area contributed by atoms with Crippen molar-refractivity contribution in [1.82, 2.24) is 5.32 Å². The van der Waals surface area contributed by atoms with Crippen LogP contribution in [0, 0.1) is 0 Å². The zero-order chi connectivity index (χ0) is 10.8. The molecular weight excluding hydrogens is 298 g/mol. The van der Waals surface area contributed by atoms with Crippen molar-refractivity contribution in [1.29, 1.82) is 0 Å². The average Bonchev–Trinajstić information content (AvgIpc) is 2.80. The summed E-state index contributed by atoms with van der Waals surface area (Å²) >= 11 is 10.9. The van der Waals surface area contributed by atoms with Crippen LogP contribution in [0.4, 0.5) is 0 Å². The van der Waals surface area contributed by atoms with Gasteiger partial charge in [-0.1, -0.05) is 11.6 Å². The van der Waals surface area contributed by atoms with Gasteiger partial charge in [-0.3, -0.25) is 0 Å². The van der Waals surface area contributed by atoms with E-state index in [9.17, 15) is 0 Å². The molecule has 0 aliphatic heterocycles. The van der Waals surface area contributed by atoms with E-state index >= 15 is 0 Å². The highest BCUT2D eigenvalue weighted by molar-refractivity contribution is 9.10. The molecule has 0 amide bonds. The van der Waals surface area contributed by atoms with Gasteiger partial charge in [0.05, 0.1) is 6.26 Å². The van der Waals surface area contributed by atoms with E-state index in [0.29, 0.717) is 0 Å². The second-order valence-electron chi connectivity index (χ2n) is 3.01. The van der Waals surface area contributed by atoms with Crippen molar-refractivity contribution in [3.8, 4) is 0 Å². The quantitative estimate of drug-likeness (QED) is 0.925. The van der Waals surface area contributed by atoms with Gasteiger partial charge < -0.3 is 9.73 Å². The van der Waals surface area contributed by atoms with Crippen LogP contribution in [0.3, 0.4) is 0 Å². The fraction of sp³-hybridized carbons (Fsp3) is 0.200. The van der Waals surface area contributed by atoms with Crippen LogP contribution >= 0.6 is 38.9 Å². The minimum Gasteiger partial charge on any atom is -0.467 e. The van der Waals surface area contributed by atoms with Crippen molar-refractivity contribution in [2.45, 2.75) is 6.04 Å². The monoisotopic (exact) mass is 305 g/mol. The van der Waals surface area contributed by atoms with Crippen LogP contribution < -0.4 is 5.32 Å². The summed E-state index contributed by atoms with van der Waals surface area (Å²) in [6, 6.07) is 5.90. The number of nitrogens with one attached hydrogen (secondary N) is 1. The van der Waals surface area contributed by atoms with E-state index < -0.39 is 0 Å². The molecule has 0 aliphatic carbocycles. The Bertz CT molecular complexity index is 421. The number of hydrogen-bond donors (Lipinski definition) is 1. The lowest BCUT2D eigenvalue weighted by atomic mass is 10.2. The molecule has 0 spiro atoms. The van der Waals surface area contributed by atoms with Gasteiger partial charge in [-0.25, -0.2) is 0 Å². The van der Waals surface area contributed by atoms with E-state index in [1.54, 1.807) is 17.6 Å². The van der Waals surface area contributed by atoms with Crippen LogP contribution in [0.15, 0.2) is 33.4 Å². The highest BCUT2D eigenvalue weighted by Crippen LogP contribution is 2.37. The van der Waals surface area contributed by atoms with Crippen LogP contribution in [-0.2, 0) is 0 Å². The van der Waals surface area contributed by atoms with Crippen molar-refractivity contribution < 1.29 is 4.42 Å². The lowest BCUT2D eigenvalue weighted by Crippen LogP contribution is -2.15. The van der Waals surface area contributed by atoms with Crippen molar-refractivity contribution in [2.75, 3.05) is 7.05 Å². The molecular formula is C10H9BrClNOS. The van der Waals surface area contributed by atoms with E-state index in [1.165, 1.54) is 0 Å². The summed E-state index contributed by atoms with van der Waals surface area (Å²) in [5, 5.41) is 3.20. The topological polar surface area (TPSA) is 25.2 Å². The molecule has 0 saturated carbocycles. The minimum absolute atomic E-state index is 0.0637. The summed E-state index contributed by atoms with van der Waals surface area (Å²) in [5.41, 5.74) is 0. The normalized spacial score (nSPS) is 13.0. The predicted molar refractivity (Wildman–Crippen MR) is 66.6 cm³/mol. The predicted octanol–water partition coefficient (Wildman–Crippen LogP) is 4.07. The van der Waals surface area contributed by atoms with Gasteiger partial charge in [0.1, 0.15) is 16.1 Å². The maximum absolute atomic E-state index is 6.01. The number of halogens is 2. The van der Waals surface area contributed by atoms with E-state index in [0.717, 1.165) is 19.4 Å². The second-order valence-corrected chi connectivity index (χ2v) is 5.55. The molecule has 0 aromatic carbocycles. The van der Waals surface area contributed by atoms with Crippen LogP contribution in [-0.4, -0.2) is 7.05 Å². The zero-order valence-corrected chi connectivity index (χ0v) is 11.1. The van der Waals surface area contributed by atoms with Crippen LogP contribution in [0.2, 0.25) is 4.34 Å². The zero-order valence-electron chi connectivity index (χ0n) is 7.96. The SMILES string of the molecule is CNC(c1ccco1)c1cc(Br)c(Cl)s1. The first kappa shape index (κ1) is 11.2. The fourth-order valence-corrected chi connectivity index (χ4v) is 3.24. The standard InChI is InChI=1S/C10H9BrClNOS/c1-13-9(7-3-2-4-14-7)8-5-6(11)10(12)15-8/h2-5,9,13H,1H3. The van der Waals surface area contributed by atoms with Gasteiger partial charge in [0.2, 0.25) is 0 Å². The first-order valence-corrected chi connectivity index (χ1v) is 6.36. The van der Waals surface area contributed by atoms with Gasteiger partial charge in [-0.15, -0.1) is 11.3 Å². The van der Waals surface area contributed by atoms with Gasteiger partial charge >= 0.3 is 0 Å². The van der Waals surface area contributed by atoms with Gasteiger partial charge in [0, 0.05) is 9.35 Å². The molecule has 1 atom stereocenters. The molecule has 2 aromatic heterocycles. The summed E-state index contributed by atoms with van der Waals surface area (Å²) < 4.78 is 7.06. The molecule has 1 unspecified atom stereocenters. The Hall–Kier alpha value is -0.290. The summed E-state index contributed by atoms with van der Waals surface area (Å²) in [7, 11) is 1.90. The van der Waals surface area contributed by atoms with E-state index in [1.807, 2.05) is 25.2 Å². The molecule has 1 N–H and O–H groups in total. The van der Waals surface area contributed by atoms with Crippen molar-refractivity contribution in [3.05, 3.63) is 43.9 Å². The summed E-state index contributed by atoms with van der Waals surface area (Å²) in [4.78, 5) is 1.13. The third-order valence-electron chi connectivity index (χ3n) is 2.07. The Labute approximate surface area is 105 Å². The molecule has 0 saturated heterocycles. The Kier molecular flexibility index (Phi) is 3.51. The van der Waals surface area contributed by atoms with E-state index in [4.69, 9.17) is 16.0 Å². The van der Waals surface area contributed by atoms with Gasteiger partial charge in [-0.2, -0.15) is 0 Å². The molecule has 15 heavy (non-hydrogen) atoms. The Morgan fingerprint density at radius 1 is 1.60 bits per heavy atom. The molecule has 0 bridgehead atoms. The van der Waals surface area contributed by atoms with Crippen LogP contribution in [0.25, 0.3) is 0 Å². The highest BCUT2D eigenvalue weighted by Gasteiger charge is 2.18. The molecule has 5 heteroatoms. The van der Waals surface area contributed by atoms with Crippen LogP contribution in [0.5, 0.6) is 0 Å². The molecule has 2 rings (SSSR count). The largest absolute Gasteiger partial charge is 0.467 e. The molecule has 0 aliphatic rings. The number of rotatable bonds is 3. The summed E-state index contributed by atoms with van der Waals surface area (Å²) in [5.74, 6) is 0.892. The molecule has 2 heterocycles. The van der Waals surface area contributed by atoms with E-state index in [2.05, 4.69) is 21.2 Å². The van der Waals surface area contributed by atoms with Gasteiger partial charge in [0.15, 0.2) is 0 Å².